The molecule has 0 atom stereocenters. The summed E-state index contributed by atoms with van der Waals surface area (Å²) >= 11 is 3.90. The Hall–Kier alpha value is -1.16. The fourth-order valence-electron chi connectivity index (χ4n) is 3.20. The van der Waals surface area contributed by atoms with Crippen molar-refractivity contribution in [3.63, 3.8) is 0 Å². The van der Waals surface area contributed by atoms with E-state index in [0.717, 1.165) is 0 Å². The molecular formula is C20H21NS2. The molecule has 0 unspecified atom stereocenters. The summed E-state index contributed by atoms with van der Waals surface area (Å²) < 4.78 is 0. The van der Waals surface area contributed by atoms with Gasteiger partial charge in [-0.05, 0) is 49.7 Å². The van der Waals surface area contributed by atoms with E-state index in [1.807, 2.05) is 23.5 Å². The lowest BCUT2D eigenvalue weighted by atomic mass is 10.1. The van der Waals surface area contributed by atoms with Crippen LogP contribution in [0.5, 0.6) is 0 Å². The molecule has 3 heteroatoms. The zero-order valence-corrected chi connectivity index (χ0v) is 14.8. The third-order valence-electron chi connectivity index (χ3n) is 4.44. The molecule has 2 aromatic rings. The van der Waals surface area contributed by atoms with Crippen LogP contribution in [0.25, 0.3) is 11.0 Å². The maximum atomic E-state index is 2.60. The molecule has 1 saturated heterocycles. The maximum absolute atomic E-state index is 2.60. The van der Waals surface area contributed by atoms with Gasteiger partial charge >= 0.3 is 0 Å². The second-order valence-corrected chi connectivity index (χ2v) is 8.26. The summed E-state index contributed by atoms with van der Waals surface area (Å²) in [6.45, 7) is 3.78. The Balaban J connectivity index is 1.59. The largest absolute Gasteiger partial charge is 0.303 e. The quantitative estimate of drug-likeness (QED) is 0.726. The molecule has 2 aromatic carbocycles. The Kier molecular flexibility index (Phi) is 4.79. The van der Waals surface area contributed by atoms with Gasteiger partial charge in [-0.25, -0.2) is 0 Å². The Morgan fingerprint density at radius 1 is 0.913 bits per heavy atom. The first kappa shape index (κ1) is 15.4. The van der Waals surface area contributed by atoms with Crippen molar-refractivity contribution in [1.29, 1.82) is 0 Å². The predicted molar refractivity (Wildman–Crippen MR) is 103 cm³/mol. The van der Waals surface area contributed by atoms with E-state index in [1.54, 1.807) is 0 Å². The third kappa shape index (κ3) is 3.52. The Labute approximate surface area is 147 Å². The molecule has 0 aliphatic carbocycles. The summed E-state index contributed by atoms with van der Waals surface area (Å²) in [5.41, 5.74) is 2.73. The predicted octanol–water partition coefficient (Wildman–Crippen LogP) is 5.48. The van der Waals surface area contributed by atoms with Gasteiger partial charge in [0, 0.05) is 32.6 Å². The van der Waals surface area contributed by atoms with Gasteiger partial charge in [0.15, 0.2) is 0 Å². The molecule has 0 N–H and O–H groups in total. The first-order valence-corrected chi connectivity index (χ1v) is 10.1. The minimum atomic E-state index is 1.17. The molecule has 0 spiro atoms. The van der Waals surface area contributed by atoms with Crippen molar-refractivity contribution in [1.82, 2.24) is 4.90 Å². The number of hydrogen-bond donors (Lipinski definition) is 0. The van der Waals surface area contributed by atoms with Crippen molar-refractivity contribution in [2.24, 2.45) is 0 Å². The number of likely N-dealkylation sites (tertiary alicyclic amines) is 1. The number of fused-ring (bicyclic) bond motifs is 2. The van der Waals surface area contributed by atoms with Crippen LogP contribution in [0, 0.1) is 0 Å². The topological polar surface area (TPSA) is 3.24 Å². The van der Waals surface area contributed by atoms with Gasteiger partial charge in [-0.2, -0.15) is 0 Å². The van der Waals surface area contributed by atoms with Crippen LogP contribution < -0.4 is 0 Å². The molecule has 0 radical (unpaired) electrons. The lowest BCUT2D eigenvalue weighted by Gasteiger charge is -2.15. The van der Waals surface area contributed by atoms with Crippen LogP contribution in [0.3, 0.4) is 0 Å². The second-order valence-electron chi connectivity index (χ2n) is 6.04. The highest BCUT2D eigenvalue weighted by Crippen LogP contribution is 2.43. The number of benzene rings is 2. The molecule has 0 bridgehead atoms. The minimum Gasteiger partial charge on any atom is -0.303 e. The molecule has 1 fully saturated rings. The Bertz CT molecular complexity index is 717. The van der Waals surface area contributed by atoms with Crippen LogP contribution in [0.15, 0.2) is 58.3 Å². The van der Waals surface area contributed by atoms with Gasteiger partial charge in [-0.3, -0.25) is 0 Å². The summed E-state index contributed by atoms with van der Waals surface area (Å²) in [5, 5.41) is 0. The fraction of sp³-hybridized carbons (Fsp3) is 0.300. The Morgan fingerprint density at radius 2 is 1.65 bits per heavy atom. The van der Waals surface area contributed by atoms with Crippen molar-refractivity contribution in [3.8, 4) is 0 Å². The van der Waals surface area contributed by atoms with Crippen molar-refractivity contribution >= 4 is 34.5 Å². The van der Waals surface area contributed by atoms with Crippen molar-refractivity contribution in [3.05, 3.63) is 59.7 Å². The molecule has 0 aromatic heterocycles. The van der Waals surface area contributed by atoms with Crippen molar-refractivity contribution < 1.29 is 0 Å². The molecule has 0 amide bonds. The number of hydrogen-bond acceptors (Lipinski definition) is 3. The Morgan fingerprint density at radius 3 is 2.52 bits per heavy atom. The van der Waals surface area contributed by atoms with Crippen LogP contribution in [0.4, 0.5) is 0 Å². The van der Waals surface area contributed by atoms with Gasteiger partial charge < -0.3 is 4.90 Å². The highest BCUT2D eigenvalue weighted by molar-refractivity contribution is 8.08. The van der Waals surface area contributed by atoms with Gasteiger partial charge in [-0.15, -0.1) is 11.8 Å². The lowest BCUT2D eigenvalue weighted by Crippen LogP contribution is -2.21. The summed E-state index contributed by atoms with van der Waals surface area (Å²) in [6, 6.07) is 17.5. The van der Waals surface area contributed by atoms with E-state index < -0.39 is 0 Å². The lowest BCUT2D eigenvalue weighted by molar-refractivity contribution is 0.362. The highest BCUT2D eigenvalue weighted by atomic mass is 32.2. The average molecular weight is 340 g/mol. The van der Waals surface area contributed by atoms with E-state index in [4.69, 9.17) is 0 Å². The van der Waals surface area contributed by atoms with Crippen LogP contribution in [-0.4, -0.2) is 30.3 Å². The van der Waals surface area contributed by atoms with Crippen LogP contribution >= 0.6 is 23.5 Å². The van der Waals surface area contributed by atoms with E-state index in [0.29, 0.717) is 0 Å². The molecule has 2 aliphatic heterocycles. The SMILES string of the molecule is C1=C(SCCN2CCCC2)c2ccccc2Sc2ccccc21. The monoisotopic (exact) mass is 339 g/mol. The first-order chi connectivity index (χ1) is 11.4. The van der Waals surface area contributed by atoms with Crippen LogP contribution in [-0.2, 0) is 0 Å². The highest BCUT2D eigenvalue weighted by Gasteiger charge is 2.16. The average Bonchev–Trinajstić information content (AvgIpc) is 3.04. The molecule has 4 rings (SSSR count). The van der Waals surface area contributed by atoms with E-state index in [2.05, 4.69) is 59.5 Å². The van der Waals surface area contributed by atoms with Crippen molar-refractivity contribution in [2.75, 3.05) is 25.4 Å². The summed E-state index contributed by atoms with van der Waals surface area (Å²) in [5.74, 6) is 1.17. The third-order valence-corrected chi connectivity index (χ3v) is 6.64. The van der Waals surface area contributed by atoms with Gasteiger partial charge in [0.2, 0.25) is 0 Å². The normalized spacial score (nSPS) is 17.3. The summed E-state index contributed by atoms with van der Waals surface area (Å²) in [7, 11) is 0. The standard InChI is InChI=1S/C20H21NS2/c1-3-9-18-16(7-1)15-20(17-8-2-4-10-19(17)23-18)22-14-13-21-11-5-6-12-21/h1-4,7-10,15H,5-6,11-14H2. The molecule has 2 heterocycles. The van der Waals surface area contributed by atoms with E-state index in [9.17, 15) is 0 Å². The van der Waals surface area contributed by atoms with Crippen LogP contribution in [0.2, 0.25) is 0 Å². The first-order valence-electron chi connectivity index (χ1n) is 8.33. The zero-order chi connectivity index (χ0) is 15.5. The minimum absolute atomic E-state index is 1.17. The fourth-order valence-corrected chi connectivity index (χ4v) is 5.44. The molecule has 23 heavy (non-hydrogen) atoms. The molecule has 1 nitrogen and oxygen atoms in total. The van der Waals surface area contributed by atoms with Gasteiger partial charge in [-0.1, -0.05) is 48.2 Å². The molecule has 2 aliphatic rings. The molecular weight excluding hydrogens is 318 g/mol. The van der Waals surface area contributed by atoms with E-state index in [-0.39, 0.29) is 0 Å². The number of thioether (sulfide) groups is 1. The zero-order valence-electron chi connectivity index (χ0n) is 13.2. The number of nitrogens with zero attached hydrogens (tertiary/aromatic N) is 1. The summed E-state index contributed by atoms with van der Waals surface area (Å²) in [4.78, 5) is 6.74. The summed E-state index contributed by atoms with van der Waals surface area (Å²) in [6.07, 6.45) is 5.13. The maximum Gasteiger partial charge on any atom is 0.0206 e. The second kappa shape index (κ2) is 7.16. The number of rotatable bonds is 4. The van der Waals surface area contributed by atoms with Gasteiger partial charge in [0.25, 0.3) is 0 Å². The molecule has 118 valence electrons. The van der Waals surface area contributed by atoms with E-state index in [1.165, 1.54) is 64.1 Å². The smallest absolute Gasteiger partial charge is 0.0206 e. The van der Waals surface area contributed by atoms with Crippen LogP contribution in [0.1, 0.15) is 24.0 Å². The van der Waals surface area contributed by atoms with Gasteiger partial charge in [0.05, 0.1) is 0 Å². The van der Waals surface area contributed by atoms with Gasteiger partial charge in [0.1, 0.15) is 0 Å². The van der Waals surface area contributed by atoms with Crippen molar-refractivity contribution in [2.45, 2.75) is 22.6 Å². The molecule has 0 saturated carbocycles. The van der Waals surface area contributed by atoms with E-state index >= 15 is 0 Å².